The number of hydrogen-bond acceptors (Lipinski definition) is 4. The lowest BCUT2D eigenvalue weighted by Crippen LogP contribution is -2.32. The van der Waals surface area contributed by atoms with E-state index in [4.69, 9.17) is 11.6 Å². The molecule has 0 N–H and O–H groups in total. The fraction of sp³-hybridized carbons (Fsp3) is 0.278. The van der Waals surface area contributed by atoms with E-state index in [9.17, 15) is 13.2 Å². The monoisotopic (exact) mass is 397 g/mol. The van der Waals surface area contributed by atoms with Gasteiger partial charge in [0.25, 0.3) is 5.91 Å². The van der Waals surface area contributed by atoms with Crippen LogP contribution in [-0.2, 0) is 16.4 Å². The van der Waals surface area contributed by atoms with Crippen molar-refractivity contribution in [1.29, 1.82) is 0 Å². The van der Waals surface area contributed by atoms with Crippen molar-refractivity contribution in [3.05, 3.63) is 63.8 Å². The first-order valence-electron chi connectivity index (χ1n) is 7.74. The number of amides is 1. The number of rotatable bonds is 7. The summed E-state index contributed by atoms with van der Waals surface area (Å²) in [5, 5.41) is -0.606. The Morgan fingerprint density at radius 2 is 1.96 bits per heavy atom. The summed E-state index contributed by atoms with van der Waals surface area (Å²) in [5.74, 6) is -0.343. The largest absolute Gasteiger partial charge is 0.330 e. The number of carbonyl (C=O) groups excluding carboxylic acids is 1. The van der Waals surface area contributed by atoms with E-state index >= 15 is 0 Å². The van der Waals surface area contributed by atoms with Crippen molar-refractivity contribution in [2.24, 2.45) is 0 Å². The van der Waals surface area contributed by atoms with Gasteiger partial charge in [-0.3, -0.25) is 4.79 Å². The van der Waals surface area contributed by atoms with Gasteiger partial charge in [-0.2, -0.15) is 0 Å². The van der Waals surface area contributed by atoms with Gasteiger partial charge in [-0.15, -0.1) is 17.9 Å². The first-order chi connectivity index (χ1) is 11.8. The highest BCUT2D eigenvalue weighted by Gasteiger charge is 2.27. The Balaban J connectivity index is 2.41. The van der Waals surface area contributed by atoms with Gasteiger partial charge in [-0.05, 0) is 38.1 Å². The molecule has 1 aromatic carbocycles. The number of hydrogen-bond donors (Lipinski definition) is 0. The molecule has 1 heterocycles. The molecular formula is C18H20ClNO3S2. The quantitative estimate of drug-likeness (QED) is 0.650. The van der Waals surface area contributed by atoms with Gasteiger partial charge >= 0.3 is 0 Å². The van der Waals surface area contributed by atoms with Crippen LogP contribution in [-0.4, -0.2) is 31.0 Å². The molecule has 7 heteroatoms. The van der Waals surface area contributed by atoms with Crippen LogP contribution in [0.15, 0.2) is 53.9 Å². The van der Waals surface area contributed by atoms with Crippen LogP contribution >= 0.6 is 22.9 Å². The summed E-state index contributed by atoms with van der Waals surface area (Å²) in [4.78, 5) is 15.6. The van der Waals surface area contributed by atoms with Gasteiger partial charge in [0.2, 0.25) is 0 Å². The molecule has 0 aliphatic carbocycles. The minimum atomic E-state index is -3.56. The van der Waals surface area contributed by atoms with Crippen molar-refractivity contribution in [3.8, 4) is 0 Å². The minimum absolute atomic E-state index is 0.0632. The van der Waals surface area contributed by atoms with Gasteiger partial charge in [-0.1, -0.05) is 29.8 Å². The number of thiophene rings is 1. The number of benzene rings is 1. The molecule has 0 atom stereocenters. The summed E-state index contributed by atoms with van der Waals surface area (Å²) in [6.07, 6.45) is 1.62. The first-order valence-corrected chi connectivity index (χ1v) is 10.5. The molecule has 0 aliphatic rings. The molecule has 0 fully saturated rings. The molecule has 2 rings (SSSR count). The van der Waals surface area contributed by atoms with Gasteiger partial charge in [0.1, 0.15) is 0 Å². The van der Waals surface area contributed by atoms with Crippen LogP contribution in [0.1, 0.15) is 29.1 Å². The third kappa shape index (κ3) is 4.51. The van der Waals surface area contributed by atoms with Crippen LogP contribution in [0.2, 0.25) is 4.34 Å². The number of carbonyl (C=O) groups is 1. The fourth-order valence-electron chi connectivity index (χ4n) is 2.32. The highest BCUT2D eigenvalue weighted by molar-refractivity contribution is 7.92. The van der Waals surface area contributed by atoms with Gasteiger partial charge in [0.05, 0.1) is 26.6 Å². The minimum Gasteiger partial charge on any atom is -0.330 e. The third-order valence-electron chi connectivity index (χ3n) is 3.66. The van der Waals surface area contributed by atoms with Crippen LogP contribution in [0.25, 0.3) is 0 Å². The van der Waals surface area contributed by atoms with E-state index in [-0.39, 0.29) is 16.4 Å². The van der Waals surface area contributed by atoms with Crippen molar-refractivity contribution in [3.63, 3.8) is 0 Å². The lowest BCUT2D eigenvalue weighted by atomic mass is 10.2. The molecular weight excluding hydrogens is 378 g/mol. The molecule has 0 bridgehead atoms. The molecule has 0 aliphatic heterocycles. The van der Waals surface area contributed by atoms with Crippen LogP contribution in [0.5, 0.6) is 0 Å². The SMILES string of the molecule is C=CCN(Cc1ccc(Cl)s1)C(=O)c1ccccc1S(=O)(=O)C(C)C. The lowest BCUT2D eigenvalue weighted by Gasteiger charge is -2.22. The van der Waals surface area contributed by atoms with E-state index in [1.54, 1.807) is 49.1 Å². The third-order valence-corrected chi connectivity index (χ3v) is 7.08. The topological polar surface area (TPSA) is 54.5 Å². The smallest absolute Gasteiger partial charge is 0.255 e. The summed E-state index contributed by atoms with van der Waals surface area (Å²) in [6, 6.07) is 9.96. The van der Waals surface area contributed by atoms with Crippen LogP contribution in [0.4, 0.5) is 0 Å². The van der Waals surface area contributed by atoms with Crippen molar-refractivity contribution in [2.75, 3.05) is 6.54 Å². The van der Waals surface area contributed by atoms with Crippen LogP contribution in [0.3, 0.4) is 0 Å². The average molecular weight is 398 g/mol. The molecule has 0 saturated heterocycles. The Kier molecular flexibility index (Phi) is 6.43. The van der Waals surface area contributed by atoms with Gasteiger partial charge in [-0.25, -0.2) is 8.42 Å². The van der Waals surface area contributed by atoms with E-state index in [1.807, 2.05) is 6.07 Å². The molecule has 0 spiro atoms. The Labute approximate surface area is 157 Å². The van der Waals surface area contributed by atoms with E-state index in [0.29, 0.717) is 17.4 Å². The zero-order valence-corrected chi connectivity index (χ0v) is 16.5. The predicted molar refractivity (Wildman–Crippen MR) is 103 cm³/mol. The Hall–Kier alpha value is -1.63. The van der Waals surface area contributed by atoms with Crippen LogP contribution in [0, 0.1) is 0 Å². The molecule has 25 heavy (non-hydrogen) atoms. The van der Waals surface area contributed by atoms with Crippen molar-refractivity contribution < 1.29 is 13.2 Å². The maximum absolute atomic E-state index is 13.0. The lowest BCUT2D eigenvalue weighted by molar-refractivity contribution is 0.0760. The van der Waals surface area contributed by atoms with Crippen molar-refractivity contribution in [1.82, 2.24) is 4.90 Å². The zero-order chi connectivity index (χ0) is 18.6. The Morgan fingerprint density at radius 1 is 1.28 bits per heavy atom. The van der Waals surface area contributed by atoms with E-state index in [2.05, 4.69) is 6.58 Å². The maximum atomic E-state index is 13.0. The van der Waals surface area contributed by atoms with Crippen molar-refractivity contribution >= 4 is 38.7 Å². The molecule has 0 saturated carbocycles. The molecule has 4 nitrogen and oxygen atoms in total. The van der Waals surface area contributed by atoms with Crippen molar-refractivity contribution in [2.45, 2.75) is 30.5 Å². The van der Waals surface area contributed by atoms with E-state index in [1.165, 1.54) is 17.4 Å². The molecule has 0 radical (unpaired) electrons. The summed E-state index contributed by atoms with van der Waals surface area (Å²) in [7, 11) is -3.56. The highest BCUT2D eigenvalue weighted by atomic mass is 35.5. The number of halogens is 1. The number of nitrogens with zero attached hydrogens (tertiary/aromatic N) is 1. The second-order valence-corrected chi connectivity index (χ2v) is 10.0. The Bertz CT molecular complexity index is 872. The summed E-state index contributed by atoms with van der Waals surface area (Å²) in [5.41, 5.74) is 0.181. The van der Waals surface area contributed by atoms with E-state index < -0.39 is 15.1 Å². The second-order valence-electron chi connectivity index (χ2n) is 5.77. The zero-order valence-electron chi connectivity index (χ0n) is 14.1. The summed E-state index contributed by atoms with van der Waals surface area (Å²) >= 11 is 7.34. The fourth-order valence-corrected chi connectivity index (χ4v) is 4.66. The molecule has 0 unspecified atom stereocenters. The van der Waals surface area contributed by atoms with Crippen LogP contribution < -0.4 is 0 Å². The second kappa shape index (κ2) is 8.17. The normalized spacial score (nSPS) is 11.5. The molecule has 1 amide bonds. The summed E-state index contributed by atoms with van der Waals surface area (Å²) in [6.45, 7) is 7.55. The standard InChI is InChI=1S/C18H20ClNO3S2/c1-4-11-20(12-14-9-10-17(19)24-14)18(21)15-7-5-6-8-16(15)25(22,23)13(2)3/h4-10,13H,1,11-12H2,2-3H3. The first kappa shape index (κ1) is 19.7. The average Bonchev–Trinajstić information content (AvgIpc) is 2.98. The predicted octanol–water partition coefficient (Wildman–Crippen LogP) is 4.41. The Morgan fingerprint density at radius 3 is 2.52 bits per heavy atom. The summed E-state index contributed by atoms with van der Waals surface area (Å²) < 4.78 is 25.8. The molecule has 1 aromatic heterocycles. The number of sulfone groups is 1. The van der Waals surface area contributed by atoms with Gasteiger partial charge < -0.3 is 4.90 Å². The van der Waals surface area contributed by atoms with Gasteiger partial charge in [0, 0.05) is 11.4 Å². The van der Waals surface area contributed by atoms with E-state index in [0.717, 1.165) is 4.88 Å². The molecule has 134 valence electrons. The highest BCUT2D eigenvalue weighted by Crippen LogP contribution is 2.25. The van der Waals surface area contributed by atoms with Gasteiger partial charge in [0.15, 0.2) is 9.84 Å². The molecule has 2 aromatic rings. The maximum Gasteiger partial charge on any atom is 0.255 e.